The molecule has 0 spiro atoms. The van der Waals surface area contributed by atoms with Crippen LogP contribution < -0.4 is 9.64 Å². The largest absolute Gasteiger partial charge is 0.497 e. The van der Waals surface area contributed by atoms with E-state index in [2.05, 4.69) is 6.07 Å². The van der Waals surface area contributed by atoms with Crippen molar-refractivity contribution in [1.82, 2.24) is 0 Å². The molecule has 0 N–H and O–H groups in total. The SMILES string of the molecule is COc1cccc(N(C)c2ccc(C)cc2C#N)c1. The van der Waals surface area contributed by atoms with Crippen molar-refractivity contribution in [3.8, 4) is 11.8 Å². The Kier molecular flexibility index (Phi) is 3.72. The molecule has 0 bridgehead atoms. The van der Waals surface area contributed by atoms with Crippen molar-refractivity contribution in [3.63, 3.8) is 0 Å². The van der Waals surface area contributed by atoms with Gasteiger partial charge in [0.15, 0.2) is 0 Å². The molecule has 0 aliphatic rings. The fourth-order valence-electron chi connectivity index (χ4n) is 1.99. The van der Waals surface area contributed by atoms with Gasteiger partial charge >= 0.3 is 0 Å². The number of anilines is 2. The summed E-state index contributed by atoms with van der Waals surface area (Å²) in [6, 6.07) is 15.9. The molecule has 0 aromatic heterocycles. The minimum atomic E-state index is 0.672. The number of hydrogen-bond acceptors (Lipinski definition) is 3. The first-order valence-electron chi connectivity index (χ1n) is 6.04. The molecule has 0 atom stereocenters. The van der Waals surface area contributed by atoms with Gasteiger partial charge in [-0.05, 0) is 36.8 Å². The first-order valence-corrected chi connectivity index (χ1v) is 6.04. The first-order chi connectivity index (χ1) is 9.15. The second-order valence-corrected chi connectivity index (χ2v) is 4.39. The zero-order chi connectivity index (χ0) is 13.8. The van der Waals surface area contributed by atoms with Gasteiger partial charge in [-0.2, -0.15) is 5.26 Å². The molecule has 2 aromatic rings. The molecule has 19 heavy (non-hydrogen) atoms. The quantitative estimate of drug-likeness (QED) is 0.836. The van der Waals surface area contributed by atoms with Crippen LogP contribution in [0.15, 0.2) is 42.5 Å². The summed E-state index contributed by atoms with van der Waals surface area (Å²) in [6.07, 6.45) is 0. The lowest BCUT2D eigenvalue weighted by molar-refractivity contribution is 0.415. The van der Waals surface area contributed by atoms with E-state index in [9.17, 15) is 5.26 Å². The lowest BCUT2D eigenvalue weighted by atomic mass is 10.1. The van der Waals surface area contributed by atoms with Gasteiger partial charge in [0.05, 0.1) is 18.4 Å². The molecule has 0 aliphatic carbocycles. The van der Waals surface area contributed by atoms with Gasteiger partial charge in [0.2, 0.25) is 0 Å². The monoisotopic (exact) mass is 252 g/mol. The third-order valence-corrected chi connectivity index (χ3v) is 3.07. The van der Waals surface area contributed by atoms with E-state index in [1.54, 1.807) is 7.11 Å². The molecule has 0 radical (unpaired) electrons. The Balaban J connectivity index is 2.44. The normalized spacial score (nSPS) is 9.79. The zero-order valence-corrected chi connectivity index (χ0v) is 11.3. The maximum absolute atomic E-state index is 9.24. The highest BCUT2D eigenvalue weighted by Gasteiger charge is 2.10. The van der Waals surface area contributed by atoms with Gasteiger partial charge in [-0.25, -0.2) is 0 Å². The van der Waals surface area contributed by atoms with Crippen molar-refractivity contribution >= 4 is 11.4 Å². The number of nitrogens with zero attached hydrogens (tertiary/aromatic N) is 2. The molecule has 3 heteroatoms. The van der Waals surface area contributed by atoms with E-state index in [-0.39, 0.29) is 0 Å². The Morgan fingerprint density at radius 3 is 2.63 bits per heavy atom. The van der Waals surface area contributed by atoms with Crippen molar-refractivity contribution in [1.29, 1.82) is 5.26 Å². The zero-order valence-electron chi connectivity index (χ0n) is 11.3. The van der Waals surface area contributed by atoms with Gasteiger partial charge in [-0.1, -0.05) is 12.1 Å². The third kappa shape index (κ3) is 2.69. The van der Waals surface area contributed by atoms with Gasteiger partial charge < -0.3 is 9.64 Å². The number of rotatable bonds is 3. The summed E-state index contributed by atoms with van der Waals surface area (Å²) in [6.45, 7) is 1.98. The van der Waals surface area contributed by atoms with Crippen LogP contribution in [0.25, 0.3) is 0 Å². The Hall–Kier alpha value is -2.47. The van der Waals surface area contributed by atoms with Crippen LogP contribution in [0.1, 0.15) is 11.1 Å². The summed E-state index contributed by atoms with van der Waals surface area (Å²) in [5.41, 5.74) is 3.63. The smallest absolute Gasteiger partial charge is 0.120 e. The summed E-state index contributed by atoms with van der Waals surface area (Å²) < 4.78 is 5.22. The number of hydrogen-bond donors (Lipinski definition) is 0. The maximum Gasteiger partial charge on any atom is 0.120 e. The second kappa shape index (κ2) is 5.45. The Morgan fingerprint density at radius 2 is 1.95 bits per heavy atom. The number of methoxy groups -OCH3 is 1. The lowest BCUT2D eigenvalue weighted by Crippen LogP contribution is -2.11. The molecule has 0 saturated heterocycles. The second-order valence-electron chi connectivity index (χ2n) is 4.39. The topological polar surface area (TPSA) is 36.3 Å². The van der Waals surface area contributed by atoms with Gasteiger partial charge in [-0.3, -0.25) is 0 Å². The lowest BCUT2D eigenvalue weighted by Gasteiger charge is -2.21. The van der Waals surface area contributed by atoms with Crippen molar-refractivity contribution < 1.29 is 4.74 Å². The number of aryl methyl sites for hydroxylation is 1. The van der Waals surface area contributed by atoms with Crippen LogP contribution in [0.5, 0.6) is 5.75 Å². The Bertz CT molecular complexity index is 629. The highest BCUT2D eigenvalue weighted by Crippen LogP contribution is 2.29. The fourth-order valence-corrected chi connectivity index (χ4v) is 1.99. The standard InChI is InChI=1S/C16H16N2O/c1-12-7-8-16(13(9-12)11-17)18(2)14-5-4-6-15(10-14)19-3/h4-10H,1-3H3. The molecule has 0 heterocycles. The number of nitriles is 1. The van der Waals surface area contributed by atoms with E-state index < -0.39 is 0 Å². The predicted octanol–water partition coefficient (Wildman–Crippen LogP) is 3.64. The van der Waals surface area contributed by atoms with Crippen LogP contribution in [0, 0.1) is 18.3 Å². The van der Waals surface area contributed by atoms with Gasteiger partial charge in [-0.15, -0.1) is 0 Å². The summed E-state index contributed by atoms with van der Waals surface area (Å²) in [7, 11) is 3.59. The average molecular weight is 252 g/mol. The summed E-state index contributed by atoms with van der Waals surface area (Å²) in [5.74, 6) is 0.801. The van der Waals surface area contributed by atoms with Crippen LogP contribution in [-0.4, -0.2) is 14.2 Å². The molecular weight excluding hydrogens is 236 g/mol. The van der Waals surface area contributed by atoms with E-state index in [0.717, 1.165) is 22.7 Å². The highest BCUT2D eigenvalue weighted by atomic mass is 16.5. The van der Waals surface area contributed by atoms with Gasteiger partial charge in [0.25, 0.3) is 0 Å². The molecule has 0 aliphatic heterocycles. The van der Waals surface area contributed by atoms with Crippen LogP contribution >= 0.6 is 0 Å². The van der Waals surface area contributed by atoms with Crippen molar-refractivity contribution in [3.05, 3.63) is 53.6 Å². The Morgan fingerprint density at radius 1 is 1.16 bits per heavy atom. The number of benzene rings is 2. The molecular formula is C16H16N2O. The highest BCUT2D eigenvalue weighted by molar-refractivity contribution is 5.69. The summed E-state index contributed by atoms with van der Waals surface area (Å²) in [5, 5.41) is 9.24. The molecule has 2 aromatic carbocycles. The van der Waals surface area contributed by atoms with Crippen LogP contribution in [0.2, 0.25) is 0 Å². The first kappa shape index (κ1) is 13.0. The molecule has 0 unspecified atom stereocenters. The van der Waals surface area contributed by atoms with E-state index in [1.807, 2.05) is 61.3 Å². The van der Waals surface area contributed by atoms with Gasteiger partial charge in [0, 0.05) is 18.8 Å². The predicted molar refractivity (Wildman–Crippen MR) is 77.0 cm³/mol. The maximum atomic E-state index is 9.24. The molecule has 96 valence electrons. The van der Waals surface area contributed by atoms with Crippen molar-refractivity contribution in [2.24, 2.45) is 0 Å². The molecule has 0 amide bonds. The van der Waals surface area contributed by atoms with E-state index in [4.69, 9.17) is 4.74 Å². The summed E-state index contributed by atoms with van der Waals surface area (Å²) in [4.78, 5) is 1.99. The molecule has 3 nitrogen and oxygen atoms in total. The molecule has 0 fully saturated rings. The third-order valence-electron chi connectivity index (χ3n) is 3.07. The van der Waals surface area contributed by atoms with Crippen LogP contribution in [-0.2, 0) is 0 Å². The van der Waals surface area contributed by atoms with Gasteiger partial charge in [0.1, 0.15) is 11.8 Å². The van der Waals surface area contributed by atoms with Crippen molar-refractivity contribution in [2.45, 2.75) is 6.92 Å². The van der Waals surface area contributed by atoms with Crippen LogP contribution in [0.3, 0.4) is 0 Å². The van der Waals surface area contributed by atoms with E-state index >= 15 is 0 Å². The molecule has 0 saturated carbocycles. The van der Waals surface area contributed by atoms with E-state index in [0.29, 0.717) is 5.56 Å². The Labute approximate surface area is 113 Å². The van der Waals surface area contributed by atoms with E-state index in [1.165, 1.54) is 0 Å². The molecule has 2 rings (SSSR count). The fraction of sp³-hybridized carbons (Fsp3) is 0.188. The summed E-state index contributed by atoms with van der Waals surface area (Å²) >= 11 is 0. The average Bonchev–Trinajstić information content (AvgIpc) is 2.46. The minimum Gasteiger partial charge on any atom is -0.497 e. The minimum absolute atomic E-state index is 0.672. The van der Waals surface area contributed by atoms with Crippen LogP contribution in [0.4, 0.5) is 11.4 Å². The number of ether oxygens (including phenoxy) is 1. The van der Waals surface area contributed by atoms with Crippen molar-refractivity contribution in [2.75, 3.05) is 19.1 Å².